The normalized spacial score (nSPS) is 37.6. The molecular weight excluding hydrogens is 408 g/mol. The van der Waals surface area contributed by atoms with E-state index in [9.17, 15) is 0 Å². The summed E-state index contributed by atoms with van der Waals surface area (Å²) in [5.41, 5.74) is 2.89. The monoisotopic (exact) mass is 477 g/mol. The van der Waals surface area contributed by atoms with Crippen molar-refractivity contribution in [3.8, 4) is 0 Å². The van der Waals surface area contributed by atoms with Gasteiger partial charge in [-0.3, -0.25) is 0 Å². The summed E-state index contributed by atoms with van der Waals surface area (Å²) in [6.45, 7) is 24.5. The van der Waals surface area contributed by atoms with E-state index in [0.717, 1.165) is 29.6 Å². The molecule has 4 rings (SSSR count). The molecule has 7 atom stereocenters. The molecule has 0 aromatic carbocycles. The fraction of sp³-hybridized carbons (Fsp3) is 0.941. The van der Waals surface area contributed by atoms with E-state index in [1.54, 1.807) is 31.3 Å². The molecule has 34 heavy (non-hydrogen) atoms. The van der Waals surface area contributed by atoms with Crippen LogP contribution in [0.2, 0.25) is 0 Å². The number of rotatable bonds is 5. The van der Waals surface area contributed by atoms with E-state index < -0.39 is 0 Å². The Labute approximate surface area is 218 Å². The third-order valence-corrected chi connectivity index (χ3v) is 10.4. The molecule has 0 amide bonds. The van der Waals surface area contributed by atoms with E-state index in [1.807, 2.05) is 27.7 Å². The highest BCUT2D eigenvalue weighted by atomic mass is 14.6. The van der Waals surface area contributed by atoms with Crippen molar-refractivity contribution in [3.05, 3.63) is 12.2 Å². The summed E-state index contributed by atoms with van der Waals surface area (Å²) >= 11 is 0. The second-order valence-corrected chi connectivity index (χ2v) is 11.9. The van der Waals surface area contributed by atoms with Crippen LogP contribution in [-0.2, 0) is 0 Å². The Hall–Kier alpha value is -0.260. The van der Waals surface area contributed by atoms with Crippen molar-refractivity contribution >= 4 is 0 Å². The Balaban J connectivity index is 0.000000957. The smallest absolute Gasteiger partial charge is 0.0260 e. The lowest BCUT2D eigenvalue weighted by molar-refractivity contribution is -0.105. The van der Waals surface area contributed by atoms with Crippen molar-refractivity contribution in [1.29, 1.82) is 0 Å². The average Bonchev–Trinajstić information content (AvgIpc) is 3.18. The van der Waals surface area contributed by atoms with Crippen LogP contribution in [0.15, 0.2) is 12.2 Å². The first-order valence-electron chi connectivity index (χ1n) is 15.6. The third-order valence-electron chi connectivity index (χ3n) is 10.4. The van der Waals surface area contributed by atoms with Crippen molar-refractivity contribution in [3.63, 3.8) is 0 Å². The quantitative estimate of drug-likeness (QED) is 0.346. The lowest BCUT2D eigenvalue weighted by Gasteiger charge is -2.60. The van der Waals surface area contributed by atoms with Gasteiger partial charge in [-0.2, -0.15) is 0 Å². The third kappa shape index (κ3) is 7.38. The SMILES string of the molecule is C.C=C1CCC2(C)C(CCC3C4CCC(CCCC)C4(C)CCC32)C1.CC.CC.CCCCC. The van der Waals surface area contributed by atoms with Crippen LogP contribution in [0.25, 0.3) is 0 Å². The summed E-state index contributed by atoms with van der Waals surface area (Å²) < 4.78 is 0. The summed E-state index contributed by atoms with van der Waals surface area (Å²) in [6.07, 6.45) is 21.8. The Morgan fingerprint density at radius 2 is 1.32 bits per heavy atom. The van der Waals surface area contributed by atoms with Gasteiger partial charge in [-0.25, -0.2) is 0 Å². The van der Waals surface area contributed by atoms with Gasteiger partial charge < -0.3 is 0 Å². The molecule has 4 aliphatic rings. The number of hydrogen-bond donors (Lipinski definition) is 0. The molecule has 0 aromatic rings. The molecule has 0 spiro atoms. The molecule has 0 bridgehead atoms. The van der Waals surface area contributed by atoms with Crippen LogP contribution in [-0.4, -0.2) is 0 Å². The highest BCUT2D eigenvalue weighted by molar-refractivity contribution is 5.13. The maximum Gasteiger partial charge on any atom is -0.0260 e. The van der Waals surface area contributed by atoms with E-state index >= 15 is 0 Å². The van der Waals surface area contributed by atoms with Crippen LogP contribution < -0.4 is 0 Å². The van der Waals surface area contributed by atoms with E-state index in [-0.39, 0.29) is 7.43 Å². The van der Waals surface area contributed by atoms with Gasteiger partial charge in [0.05, 0.1) is 0 Å². The van der Waals surface area contributed by atoms with Crippen molar-refractivity contribution in [2.75, 3.05) is 0 Å². The lowest BCUT2D eigenvalue weighted by Crippen LogP contribution is -2.52. The molecule has 204 valence electrons. The molecule has 0 heterocycles. The zero-order valence-electron chi connectivity index (χ0n) is 24.7. The van der Waals surface area contributed by atoms with Crippen LogP contribution in [0.5, 0.6) is 0 Å². The van der Waals surface area contributed by atoms with Gasteiger partial charge in [0.2, 0.25) is 0 Å². The largest absolute Gasteiger partial charge is 0.0999 e. The maximum absolute atomic E-state index is 4.34. The van der Waals surface area contributed by atoms with Crippen LogP contribution in [0.4, 0.5) is 0 Å². The fourth-order valence-corrected chi connectivity index (χ4v) is 8.54. The topological polar surface area (TPSA) is 0 Å². The molecule has 0 nitrogen and oxygen atoms in total. The molecule has 0 N–H and O–H groups in total. The highest BCUT2D eigenvalue weighted by Gasteiger charge is 2.59. The van der Waals surface area contributed by atoms with Gasteiger partial charge in [0.15, 0.2) is 0 Å². The van der Waals surface area contributed by atoms with Crippen molar-refractivity contribution in [1.82, 2.24) is 0 Å². The van der Waals surface area contributed by atoms with Crippen molar-refractivity contribution in [2.24, 2.45) is 40.4 Å². The van der Waals surface area contributed by atoms with Gasteiger partial charge in [-0.1, -0.05) is 114 Å². The van der Waals surface area contributed by atoms with E-state index in [2.05, 4.69) is 41.2 Å². The minimum atomic E-state index is 0. The molecule has 0 aromatic heterocycles. The average molecular weight is 477 g/mol. The van der Waals surface area contributed by atoms with E-state index in [4.69, 9.17) is 0 Å². The first kappa shape index (κ1) is 33.7. The zero-order chi connectivity index (χ0) is 25.1. The van der Waals surface area contributed by atoms with Gasteiger partial charge in [0.1, 0.15) is 0 Å². The second-order valence-electron chi connectivity index (χ2n) is 11.9. The molecule has 0 aliphatic heterocycles. The Kier molecular flexibility index (Phi) is 16.4. The van der Waals surface area contributed by atoms with Crippen LogP contribution >= 0.6 is 0 Å². The molecular formula is C34H68. The lowest BCUT2D eigenvalue weighted by atomic mass is 9.44. The van der Waals surface area contributed by atoms with E-state index in [0.29, 0.717) is 10.8 Å². The van der Waals surface area contributed by atoms with Gasteiger partial charge in [-0.15, -0.1) is 0 Å². The number of fused-ring (bicyclic) bond motifs is 5. The Morgan fingerprint density at radius 1 is 0.735 bits per heavy atom. The predicted octanol–water partition coefficient (Wildman–Crippen LogP) is 12.3. The number of unbranched alkanes of at least 4 members (excludes halogenated alkanes) is 3. The molecule has 0 heteroatoms. The number of hydrogen-bond acceptors (Lipinski definition) is 0. The minimum Gasteiger partial charge on any atom is -0.0999 e. The Bertz CT molecular complexity index is 530. The fourth-order valence-electron chi connectivity index (χ4n) is 8.54. The molecule has 7 unspecified atom stereocenters. The minimum absolute atomic E-state index is 0. The zero-order valence-corrected chi connectivity index (χ0v) is 24.7. The summed E-state index contributed by atoms with van der Waals surface area (Å²) in [4.78, 5) is 0. The van der Waals surface area contributed by atoms with Gasteiger partial charge in [0, 0.05) is 0 Å². The van der Waals surface area contributed by atoms with Crippen molar-refractivity contribution in [2.45, 2.75) is 166 Å². The molecule has 4 fully saturated rings. The van der Waals surface area contributed by atoms with Gasteiger partial charge in [-0.05, 0) is 105 Å². The number of allylic oxidation sites excluding steroid dienone is 1. The molecule has 0 saturated heterocycles. The standard InChI is InChI=1S/C24H40.C5H12.2C2H6.CH4/c1-5-6-7-18-9-11-21-20-10-8-19-16-17(2)12-14-24(19,4)22(20)13-15-23(18,21)3;1-3-5-4-2;2*1-2;/h18-22H,2,5-16H2,1,3-4H3;3-5H2,1-2H3;2*1-2H3;1H4. The molecule has 4 aliphatic carbocycles. The van der Waals surface area contributed by atoms with Crippen LogP contribution in [0.3, 0.4) is 0 Å². The first-order valence-corrected chi connectivity index (χ1v) is 15.6. The summed E-state index contributed by atoms with van der Waals surface area (Å²) in [5, 5.41) is 0. The Morgan fingerprint density at radius 3 is 1.88 bits per heavy atom. The van der Waals surface area contributed by atoms with E-state index in [1.165, 1.54) is 70.6 Å². The highest BCUT2D eigenvalue weighted by Crippen LogP contribution is 2.68. The summed E-state index contributed by atoms with van der Waals surface area (Å²) in [7, 11) is 0. The van der Waals surface area contributed by atoms with Crippen molar-refractivity contribution < 1.29 is 0 Å². The maximum atomic E-state index is 4.34. The first-order chi connectivity index (χ1) is 15.9. The van der Waals surface area contributed by atoms with Gasteiger partial charge >= 0.3 is 0 Å². The summed E-state index contributed by atoms with van der Waals surface area (Å²) in [5.74, 6) is 5.15. The second kappa shape index (κ2) is 16.5. The van der Waals surface area contributed by atoms with Crippen LogP contribution in [0, 0.1) is 40.4 Å². The molecule has 4 saturated carbocycles. The predicted molar refractivity (Wildman–Crippen MR) is 159 cm³/mol. The summed E-state index contributed by atoms with van der Waals surface area (Å²) in [6, 6.07) is 0. The molecule has 0 radical (unpaired) electrons. The van der Waals surface area contributed by atoms with Crippen LogP contribution in [0.1, 0.15) is 166 Å². The van der Waals surface area contributed by atoms with Gasteiger partial charge in [0.25, 0.3) is 0 Å².